The molecule has 1 aliphatic carbocycles. The molecule has 2 aliphatic heterocycles. The highest BCUT2D eigenvalue weighted by Crippen LogP contribution is 2.38. The number of morpholine rings is 1. The fourth-order valence-corrected chi connectivity index (χ4v) is 6.89. The van der Waals surface area contributed by atoms with Gasteiger partial charge in [-0.3, -0.25) is 9.88 Å². The Morgan fingerprint density at radius 2 is 2.10 bits per heavy atom. The van der Waals surface area contributed by atoms with E-state index in [9.17, 15) is 10.1 Å². The largest absolute Gasteiger partial charge is 0.465 e. The van der Waals surface area contributed by atoms with Gasteiger partial charge >= 0.3 is 6.09 Å². The first-order valence-corrected chi connectivity index (χ1v) is 14.9. The Bertz CT molecular complexity index is 1660. The van der Waals surface area contributed by atoms with Gasteiger partial charge in [-0.05, 0) is 43.0 Å². The average Bonchev–Trinajstić information content (AvgIpc) is 3.65. The Kier molecular flexibility index (Phi) is 7.06. The molecule has 6 heterocycles. The molecule has 1 amide bonds. The number of nitrogens with zero attached hydrogens (tertiary/aromatic N) is 8. The Morgan fingerprint density at radius 1 is 1.19 bits per heavy atom. The third kappa shape index (κ3) is 5.22. The fourth-order valence-electron chi connectivity index (χ4n) is 5.98. The van der Waals surface area contributed by atoms with Crippen molar-refractivity contribution >= 4 is 33.8 Å². The number of piperazine rings is 1. The summed E-state index contributed by atoms with van der Waals surface area (Å²) in [6.07, 6.45) is 4.11. The Morgan fingerprint density at radius 3 is 2.95 bits per heavy atom. The van der Waals surface area contributed by atoms with Crippen LogP contribution in [-0.4, -0.2) is 98.9 Å². The maximum Gasteiger partial charge on any atom is 0.404 e. The summed E-state index contributed by atoms with van der Waals surface area (Å²) in [7, 11) is 0. The molecule has 0 unspecified atom stereocenters. The molecule has 216 valence electrons. The lowest BCUT2D eigenvalue weighted by atomic mass is 9.80. The first kappa shape index (κ1) is 26.6. The number of aromatic nitrogens is 5. The highest BCUT2D eigenvalue weighted by molar-refractivity contribution is 7.18. The lowest BCUT2D eigenvalue weighted by molar-refractivity contribution is -0.0117. The Balaban J connectivity index is 1.16. The van der Waals surface area contributed by atoms with Crippen LogP contribution < -0.4 is 15.5 Å². The number of fused-ring (bicyclic) bond motifs is 2. The van der Waals surface area contributed by atoms with Gasteiger partial charge in [-0.2, -0.15) is 10.4 Å². The van der Waals surface area contributed by atoms with Crippen LogP contribution in [0, 0.1) is 17.2 Å². The number of carboxylic acid groups (broad SMARTS) is 1. The van der Waals surface area contributed by atoms with Crippen LogP contribution in [0.15, 0.2) is 36.7 Å². The number of pyridine rings is 1. The summed E-state index contributed by atoms with van der Waals surface area (Å²) in [4.78, 5) is 20.5. The number of nitrogens with one attached hydrogen (secondary N) is 2. The van der Waals surface area contributed by atoms with Crippen molar-refractivity contribution in [1.29, 1.82) is 5.26 Å². The molecule has 4 aromatic rings. The molecule has 0 spiro atoms. The van der Waals surface area contributed by atoms with Crippen molar-refractivity contribution in [1.82, 2.24) is 35.0 Å². The summed E-state index contributed by atoms with van der Waals surface area (Å²) < 4.78 is 7.49. The van der Waals surface area contributed by atoms with Gasteiger partial charge in [0.15, 0.2) is 5.01 Å². The average molecular weight is 587 g/mol. The number of hydrogen-bond acceptors (Lipinski definition) is 11. The minimum absolute atomic E-state index is 0.201. The van der Waals surface area contributed by atoms with E-state index in [-0.39, 0.29) is 6.04 Å². The molecule has 3 fully saturated rings. The quantitative estimate of drug-likeness (QED) is 0.293. The SMILES string of the molecule is N#Cc1cnn2c(-c3cc(NC4CC(CNC(=O)O)C4)c(-c4nnc(N5CCN6CCOC[C@H]6C5)s4)cn3)ccc2c1. The van der Waals surface area contributed by atoms with E-state index >= 15 is 0 Å². The van der Waals surface area contributed by atoms with Crippen LogP contribution in [0.1, 0.15) is 18.4 Å². The molecule has 3 aliphatic rings. The number of rotatable bonds is 7. The van der Waals surface area contributed by atoms with Crippen LogP contribution in [0.4, 0.5) is 15.6 Å². The number of carbonyl (C=O) groups is 1. The molecule has 13 nitrogen and oxygen atoms in total. The second-order valence-electron chi connectivity index (χ2n) is 11.0. The molecule has 14 heteroatoms. The third-order valence-electron chi connectivity index (χ3n) is 8.29. The normalized spacial score (nSPS) is 22.3. The molecule has 1 saturated carbocycles. The Labute approximate surface area is 245 Å². The number of amides is 1. The smallest absolute Gasteiger partial charge is 0.404 e. The van der Waals surface area contributed by atoms with Gasteiger partial charge in [-0.1, -0.05) is 11.3 Å². The zero-order chi connectivity index (χ0) is 28.6. The predicted molar refractivity (Wildman–Crippen MR) is 157 cm³/mol. The van der Waals surface area contributed by atoms with Crippen molar-refractivity contribution in [3.8, 4) is 28.0 Å². The maximum atomic E-state index is 10.9. The van der Waals surface area contributed by atoms with E-state index in [1.165, 1.54) is 0 Å². The second-order valence-corrected chi connectivity index (χ2v) is 11.9. The van der Waals surface area contributed by atoms with E-state index in [1.807, 2.05) is 24.4 Å². The number of nitriles is 1. The van der Waals surface area contributed by atoms with E-state index in [2.05, 4.69) is 41.8 Å². The van der Waals surface area contributed by atoms with Crippen molar-refractivity contribution in [3.63, 3.8) is 0 Å². The molecular formula is C28H30N10O3S. The van der Waals surface area contributed by atoms with E-state index in [1.54, 1.807) is 28.1 Å². The van der Waals surface area contributed by atoms with Crippen LogP contribution in [0.3, 0.4) is 0 Å². The van der Waals surface area contributed by atoms with Gasteiger partial charge in [0.2, 0.25) is 5.13 Å². The Hall–Kier alpha value is -4.32. The fraction of sp³-hybridized carbons (Fsp3) is 0.429. The summed E-state index contributed by atoms with van der Waals surface area (Å²) in [5, 5.41) is 39.6. The highest BCUT2D eigenvalue weighted by Gasteiger charge is 2.32. The van der Waals surface area contributed by atoms with Gasteiger partial charge < -0.3 is 25.4 Å². The van der Waals surface area contributed by atoms with Gasteiger partial charge in [0.1, 0.15) is 6.07 Å². The molecule has 0 aromatic carbocycles. The van der Waals surface area contributed by atoms with Crippen LogP contribution >= 0.6 is 11.3 Å². The standard InChI is InChI=1S/C28H30N10O3S/c29-11-18-9-20-1-2-25(38(20)32-13-18)24-10-23(33-19-7-17(8-19)12-31-28(39)40)22(14-30-24)26-34-35-27(42-26)37-4-3-36-5-6-41-16-21(36)15-37/h1-2,9-10,13-14,17,19,21,31H,3-8,12,15-16H2,(H,30,33)(H,39,40)/t17?,19?,21-/m1/s1. The summed E-state index contributed by atoms with van der Waals surface area (Å²) in [5.41, 5.74) is 4.63. The zero-order valence-electron chi connectivity index (χ0n) is 22.8. The van der Waals surface area contributed by atoms with Gasteiger partial charge in [0.05, 0.1) is 53.5 Å². The van der Waals surface area contributed by atoms with Crippen molar-refractivity contribution in [2.24, 2.45) is 5.92 Å². The van der Waals surface area contributed by atoms with Crippen LogP contribution in [-0.2, 0) is 4.74 Å². The lowest BCUT2D eigenvalue weighted by Gasteiger charge is -2.43. The summed E-state index contributed by atoms with van der Waals surface area (Å²) in [6, 6.07) is 10.4. The van der Waals surface area contributed by atoms with Crippen molar-refractivity contribution in [2.75, 3.05) is 56.2 Å². The molecule has 0 radical (unpaired) electrons. The number of anilines is 2. The monoisotopic (exact) mass is 586 g/mol. The van der Waals surface area contributed by atoms with Crippen molar-refractivity contribution < 1.29 is 14.6 Å². The number of hydrogen-bond donors (Lipinski definition) is 3. The van der Waals surface area contributed by atoms with Crippen LogP contribution in [0.2, 0.25) is 0 Å². The van der Waals surface area contributed by atoms with Crippen LogP contribution in [0.25, 0.3) is 27.5 Å². The summed E-state index contributed by atoms with van der Waals surface area (Å²) in [5.74, 6) is 0.298. The molecule has 7 rings (SSSR count). The zero-order valence-corrected chi connectivity index (χ0v) is 23.6. The van der Waals surface area contributed by atoms with Crippen molar-refractivity contribution in [2.45, 2.75) is 24.9 Å². The van der Waals surface area contributed by atoms with Gasteiger partial charge in [0.25, 0.3) is 0 Å². The van der Waals surface area contributed by atoms with E-state index < -0.39 is 6.09 Å². The lowest BCUT2D eigenvalue weighted by Crippen LogP contribution is -2.58. The topological polar surface area (TPSA) is 157 Å². The second kappa shape index (κ2) is 11.2. The first-order chi connectivity index (χ1) is 20.5. The van der Waals surface area contributed by atoms with Gasteiger partial charge in [0, 0.05) is 50.6 Å². The molecule has 42 heavy (non-hydrogen) atoms. The summed E-state index contributed by atoms with van der Waals surface area (Å²) >= 11 is 1.56. The van der Waals surface area contributed by atoms with E-state index in [4.69, 9.17) is 14.8 Å². The highest BCUT2D eigenvalue weighted by atomic mass is 32.1. The molecule has 1 atom stereocenters. The molecule has 4 aromatic heterocycles. The third-order valence-corrected chi connectivity index (χ3v) is 9.30. The minimum atomic E-state index is -0.994. The molecule has 2 saturated heterocycles. The maximum absolute atomic E-state index is 10.9. The van der Waals surface area contributed by atoms with Crippen molar-refractivity contribution in [3.05, 3.63) is 42.2 Å². The van der Waals surface area contributed by atoms with Gasteiger partial charge in [-0.25, -0.2) is 9.31 Å². The summed E-state index contributed by atoms with van der Waals surface area (Å²) in [6.45, 7) is 5.73. The van der Waals surface area contributed by atoms with E-state index in [0.29, 0.717) is 24.1 Å². The van der Waals surface area contributed by atoms with Gasteiger partial charge in [-0.15, -0.1) is 10.2 Å². The molecular weight excluding hydrogens is 556 g/mol. The van der Waals surface area contributed by atoms with Crippen LogP contribution in [0.5, 0.6) is 0 Å². The first-order valence-electron chi connectivity index (χ1n) is 14.1. The molecule has 3 N–H and O–H groups in total. The number of ether oxygens (including phenoxy) is 1. The minimum Gasteiger partial charge on any atom is -0.465 e. The molecule has 0 bridgehead atoms. The van der Waals surface area contributed by atoms with E-state index in [0.717, 1.165) is 90.5 Å². The predicted octanol–water partition coefficient (Wildman–Crippen LogP) is 2.77.